The van der Waals surface area contributed by atoms with Crippen molar-refractivity contribution in [3.63, 3.8) is 0 Å². The lowest BCUT2D eigenvalue weighted by Crippen LogP contribution is -2.43. The summed E-state index contributed by atoms with van der Waals surface area (Å²) in [6.45, 7) is 2.77. The van der Waals surface area contributed by atoms with Crippen LogP contribution in [0.5, 0.6) is 0 Å². The van der Waals surface area contributed by atoms with E-state index in [2.05, 4.69) is 15.5 Å². The molecule has 33 heavy (non-hydrogen) atoms. The Balaban J connectivity index is 1.43. The van der Waals surface area contributed by atoms with E-state index in [1.165, 1.54) is 0 Å². The molecule has 4 aromatic rings. The number of carbonyl (C=O) groups excluding carboxylic acids is 2. The summed E-state index contributed by atoms with van der Waals surface area (Å²) < 4.78 is 5.42. The Kier molecular flexibility index (Phi) is 5.60. The van der Waals surface area contributed by atoms with Crippen LogP contribution in [0.4, 0.5) is 5.69 Å². The van der Waals surface area contributed by atoms with Crippen LogP contribution in [-0.2, 0) is 4.79 Å². The number of rotatable bonds is 4. The van der Waals surface area contributed by atoms with Gasteiger partial charge in [-0.05, 0) is 38.0 Å². The number of piperidine rings is 1. The molecule has 0 aliphatic carbocycles. The van der Waals surface area contributed by atoms with Crippen molar-refractivity contribution in [2.45, 2.75) is 19.8 Å². The standard InChI is InChI=1S/C26H24N4O3/c1-17-23-21(15-22(28-25(23)33-29-17)18-9-4-2-5-10-18)26(32)30-14-8-11-19(16-30)24(31)27-20-12-6-3-7-13-20/h2-7,9-10,12-13,15,19H,8,11,14,16H2,1H3,(H,27,31)/t19-/m1/s1. The molecule has 0 unspecified atom stereocenters. The van der Waals surface area contributed by atoms with E-state index < -0.39 is 0 Å². The number of benzene rings is 2. The maximum Gasteiger partial charge on any atom is 0.259 e. The maximum atomic E-state index is 13.7. The largest absolute Gasteiger partial charge is 0.338 e. The third-order valence-corrected chi connectivity index (χ3v) is 6.04. The Bertz CT molecular complexity index is 1300. The zero-order valence-electron chi connectivity index (χ0n) is 18.3. The molecule has 2 amide bonds. The SMILES string of the molecule is Cc1noc2nc(-c3ccccc3)cc(C(=O)N3CCC[C@@H](C(=O)Nc4ccccc4)C3)c12. The molecule has 2 aromatic carbocycles. The summed E-state index contributed by atoms with van der Waals surface area (Å²) in [5.74, 6) is -0.467. The fourth-order valence-corrected chi connectivity index (χ4v) is 4.33. The van der Waals surface area contributed by atoms with Crippen molar-refractivity contribution >= 4 is 28.6 Å². The van der Waals surface area contributed by atoms with Crippen molar-refractivity contribution in [2.75, 3.05) is 18.4 Å². The van der Waals surface area contributed by atoms with Crippen LogP contribution in [0, 0.1) is 12.8 Å². The van der Waals surface area contributed by atoms with Crippen LogP contribution < -0.4 is 5.32 Å². The Morgan fingerprint density at radius 1 is 1.06 bits per heavy atom. The van der Waals surface area contributed by atoms with E-state index in [1.807, 2.05) is 60.7 Å². The molecule has 1 N–H and O–H groups in total. The van der Waals surface area contributed by atoms with Gasteiger partial charge in [-0.15, -0.1) is 0 Å². The first kappa shape index (κ1) is 20.9. The first-order chi connectivity index (χ1) is 16.1. The molecule has 7 heteroatoms. The number of nitrogens with zero attached hydrogens (tertiary/aromatic N) is 3. The highest BCUT2D eigenvalue weighted by Crippen LogP contribution is 2.29. The molecule has 0 saturated carbocycles. The third kappa shape index (κ3) is 4.22. The molecule has 0 spiro atoms. The molecule has 1 atom stereocenters. The number of likely N-dealkylation sites (tertiary alicyclic amines) is 1. The monoisotopic (exact) mass is 440 g/mol. The molecule has 1 saturated heterocycles. The van der Waals surface area contributed by atoms with E-state index in [0.717, 1.165) is 24.1 Å². The number of anilines is 1. The number of para-hydroxylation sites is 1. The number of hydrogen-bond donors (Lipinski definition) is 1. The second kappa shape index (κ2) is 8.86. The van der Waals surface area contributed by atoms with Crippen molar-refractivity contribution in [1.29, 1.82) is 0 Å². The zero-order valence-corrected chi connectivity index (χ0v) is 18.3. The summed E-state index contributed by atoms with van der Waals surface area (Å²) in [5.41, 5.74) is 3.76. The summed E-state index contributed by atoms with van der Waals surface area (Å²) in [4.78, 5) is 32.9. The van der Waals surface area contributed by atoms with Crippen LogP contribution in [0.1, 0.15) is 28.9 Å². The van der Waals surface area contributed by atoms with Gasteiger partial charge in [0.15, 0.2) is 0 Å². The second-order valence-corrected chi connectivity index (χ2v) is 8.31. The first-order valence-corrected chi connectivity index (χ1v) is 11.1. The number of aromatic nitrogens is 2. The fourth-order valence-electron chi connectivity index (χ4n) is 4.33. The quantitative estimate of drug-likeness (QED) is 0.497. The molecular formula is C26H24N4O3. The highest BCUT2D eigenvalue weighted by Gasteiger charge is 2.31. The van der Waals surface area contributed by atoms with E-state index >= 15 is 0 Å². The number of fused-ring (bicyclic) bond motifs is 1. The number of carbonyl (C=O) groups is 2. The number of pyridine rings is 1. The van der Waals surface area contributed by atoms with Crippen LogP contribution in [0.25, 0.3) is 22.4 Å². The maximum absolute atomic E-state index is 13.7. The highest BCUT2D eigenvalue weighted by atomic mass is 16.5. The molecular weight excluding hydrogens is 416 g/mol. The lowest BCUT2D eigenvalue weighted by atomic mass is 9.95. The molecule has 5 rings (SSSR count). The van der Waals surface area contributed by atoms with Gasteiger partial charge in [0.25, 0.3) is 11.6 Å². The number of aryl methyl sites for hydroxylation is 1. The lowest BCUT2D eigenvalue weighted by Gasteiger charge is -2.32. The van der Waals surface area contributed by atoms with E-state index in [-0.39, 0.29) is 17.7 Å². The fraction of sp³-hybridized carbons (Fsp3) is 0.231. The number of hydrogen-bond acceptors (Lipinski definition) is 5. The molecule has 3 heterocycles. The van der Waals surface area contributed by atoms with Gasteiger partial charge in [-0.1, -0.05) is 53.7 Å². The Hall–Kier alpha value is -4.00. The van der Waals surface area contributed by atoms with E-state index in [0.29, 0.717) is 41.1 Å². The molecule has 166 valence electrons. The van der Waals surface area contributed by atoms with Gasteiger partial charge in [0.1, 0.15) is 0 Å². The van der Waals surface area contributed by atoms with E-state index in [1.54, 1.807) is 17.9 Å². The first-order valence-electron chi connectivity index (χ1n) is 11.1. The van der Waals surface area contributed by atoms with Crippen LogP contribution in [0.3, 0.4) is 0 Å². The third-order valence-electron chi connectivity index (χ3n) is 6.04. The average molecular weight is 441 g/mol. The summed E-state index contributed by atoms with van der Waals surface area (Å²) in [6, 6.07) is 20.9. The van der Waals surface area contributed by atoms with Crippen LogP contribution in [-0.4, -0.2) is 39.9 Å². The van der Waals surface area contributed by atoms with Gasteiger partial charge in [0, 0.05) is 24.3 Å². The van der Waals surface area contributed by atoms with Gasteiger partial charge in [-0.3, -0.25) is 9.59 Å². The number of nitrogens with one attached hydrogen (secondary N) is 1. The minimum atomic E-state index is -0.266. The molecule has 1 aliphatic heterocycles. The van der Waals surface area contributed by atoms with Gasteiger partial charge in [-0.25, -0.2) is 4.98 Å². The smallest absolute Gasteiger partial charge is 0.259 e. The Morgan fingerprint density at radius 3 is 2.55 bits per heavy atom. The second-order valence-electron chi connectivity index (χ2n) is 8.31. The van der Waals surface area contributed by atoms with Gasteiger partial charge >= 0.3 is 0 Å². The van der Waals surface area contributed by atoms with Crippen molar-refractivity contribution in [2.24, 2.45) is 5.92 Å². The summed E-state index contributed by atoms with van der Waals surface area (Å²) >= 11 is 0. The van der Waals surface area contributed by atoms with Crippen molar-refractivity contribution in [1.82, 2.24) is 15.0 Å². The molecule has 0 radical (unpaired) electrons. The predicted molar refractivity (Wildman–Crippen MR) is 126 cm³/mol. The molecule has 1 fully saturated rings. The van der Waals surface area contributed by atoms with Crippen molar-refractivity contribution in [3.8, 4) is 11.3 Å². The van der Waals surface area contributed by atoms with E-state index in [9.17, 15) is 9.59 Å². The van der Waals surface area contributed by atoms with Crippen LogP contribution in [0.2, 0.25) is 0 Å². The van der Waals surface area contributed by atoms with Gasteiger partial charge in [0.2, 0.25) is 5.91 Å². The normalized spacial score (nSPS) is 16.0. The highest BCUT2D eigenvalue weighted by molar-refractivity contribution is 6.07. The lowest BCUT2D eigenvalue weighted by molar-refractivity contribution is -0.121. The molecule has 0 bridgehead atoms. The molecule has 1 aliphatic rings. The minimum absolute atomic E-state index is 0.0651. The van der Waals surface area contributed by atoms with Crippen LogP contribution in [0.15, 0.2) is 71.3 Å². The van der Waals surface area contributed by atoms with Crippen molar-refractivity contribution < 1.29 is 14.1 Å². The minimum Gasteiger partial charge on any atom is -0.338 e. The zero-order chi connectivity index (χ0) is 22.8. The van der Waals surface area contributed by atoms with Gasteiger partial charge in [-0.2, -0.15) is 0 Å². The molecule has 7 nitrogen and oxygen atoms in total. The Labute approximate surface area is 191 Å². The Morgan fingerprint density at radius 2 is 1.79 bits per heavy atom. The van der Waals surface area contributed by atoms with E-state index in [4.69, 9.17) is 4.52 Å². The average Bonchev–Trinajstić information content (AvgIpc) is 3.25. The van der Waals surface area contributed by atoms with Crippen molar-refractivity contribution in [3.05, 3.63) is 78.0 Å². The summed E-state index contributed by atoms with van der Waals surface area (Å²) in [7, 11) is 0. The summed E-state index contributed by atoms with van der Waals surface area (Å²) in [6.07, 6.45) is 1.51. The predicted octanol–water partition coefficient (Wildman–Crippen LogP) is 4.69. The molecule has 2 aromatic heterocycles. The summed E-state index contributed by atoms with van der Waals surface area (Å²) in [5, 5.41) is 7.62. The topological polar surface area (TPSA) is 88.3 Å². The van der Waals surface area contributed by atoms with Gasteiger partial charge < -0.3 is 14.7 Å². The van der Waals surface area contributed by atoms with Crippen LogP contribution >= 0.6 is 0 Å². The van der Waals surface area contributed by atoms with Gasteiger partial charge in [0.05, 0.1) is 28.3 Å². The number of amides is 2.